The first kappa shape index (κ1) is 52.7. The first-order valence-electron chi connectivity index (χ1n) is 26.7. The lowest BCUT2D eigenvalue weighted by molar-refractivity contribution is 0.590. The lowest BCUT2D eigenvalue weighted by Gasteiger charge is -2.35. The van der Waals surface area contributed by atoms with Crippen LogP contribution in [0.4, 0.5) is 28.4 Å². The molecule has 372 valence electrons. The number of hydrogen-bond donors (Lipinski definition) is 0. The van der Waals surface area contributed by atoms with Crippen LogP contribution >= 0.6 is 9.24 Å². The molecule has 0 saturated heterocycles. The van der Waals surface area contributed by atoms with E-state index in [-0.39, 0.29) is 16.7 Å². The van der Waals surface area contributed by atoms with Gasteiger partial charge in [0, 0.05) is 39.7 Å². The van der Waals surface area contributed by atoms with Crippen molar-refractivity contribution in [2.75, 3.05) is 9.80 Å². The summed E-state index contributed by atoms with van der Waals surface area (Å²) in [4.78, 5) is 5.00. The molecule has 0 aliphatic heterocycles. The SMILES string of the molecule is CC.CCc1ccccc1\C=C/C=C\C=C\C1(C)c2cc(N(c3ccc(C(C)(C)C)cc3)c3ccc#cc3C)ccc2-c2c1cc(N(C1=C(C)C=CCC1)c1ccc(C(C)(C)C)cc1)c(P)c2C1C=CC=CC1. The van der Waals surface area contributed by atoms with Gasteiger partial charge in [-0.1, -0.05) is 202 Å². The molecule has 0 N–H and O–H groups in total. The van der Waals surface area contributed by atoms with Gasteiger partial charge in [-0.05, 0) is 173 Å². The number of fused-ring (bicyclic) bond motifs is 3. The maximum atomic E-state index is 3.40. The Hall–Kier alpha value is -6.65. The van der Waals surface area contributed by atoms with Crippen molar-refractivity contribution >= 4 is 49.1 Å². The minimum atomic E-state index is -0.509. The molecule has 0 heterocycles. The number of aryl methyl sites for hydroxylation is 1. The van der Waals surface area contributed by atoms with Gasteiger partial charge in [0.15, 0.2) is 0 Å². The first-order chi connectivity index (χ1) is 35.1. The van der Waals surface area contributed by atoms with Crippen molar-refractivity contribution in [1.82, 2.24) is 0 Å². The van der Waals surface area contributed by atoms with Crippen LogP contribution in [0.15, 0.2) is 187 Å². The Morgan fingerprint density at radius 3 is 2.00 bits per heavy atom. The molecule has 3 unspecified atom stereocenters. The van der Waals surface area contributed by atoms with E-state index in [1.165, 1.54) is 78.0 Å². The number of anilines is 5. The van der Waals surface area contributed by atoms with E-state index in [2.05, 4.69) is 276 Å². The summed E-state index contributed by atoms with van der Waals surface area (Å²) < 4.78 is 0. The fourth-order valence-electron chi connectivity index (χ4n) is 10.8. The predicted octanol–water partition coefficient (Wildman–Crippen LogP) is 19.2. The van der Waals surface area contributed by atoms with E-state index in [9.17, 15) is 0 Å². The first-order valence-corrected chi connectivity index (χ1v) is 27.3. The molecule has 9 rings (SSSR count). The molecule has 3 aliphatic carbocycles. The molecule has 0 saturated carbocycles. The number of rotatable bonds is 12. The molecule has 0 spiro atoms. The Labute approximate surface area is 442 Å². The molecule has 2 nitrogen and oxygen atoms in total. The molecule has 3 atom stereocenters. The third kappa shape index (κ3) is 10.9. The predicted molar refractivity (Wildman–Crippen MR) is 322 cm³/mol. The zero-order valence-corrected chi connectivity index (χ0v) is 46.9. The third-order valence-electron chi connectivity index (χ3n) is 14.9. The normalized spacial score (nSPS) is 17.2. The monoisotopic (exact) mass is 977 g/mol. The van der Waals surface area contributed by atoms with E-state index in [4.69, 9.17) is 0 Å². The highest BCUT2D eigenvalue weighted by Crippen LogP contribution is 2.56. The quantitative estimate of drug-likeness (QED) is 0.0891. The average Bonchev–Trinajstić information content (AvgIpc) is 3.63. The van der Waals surface area contributed by atoms with Crippen molar-refractivity contribution in [1.29, 1.82) is 0 Å². The van der Waals surface area contributed by atoms with Crippen molar-refractivity contribution in [3.05, 3.63) is 244 Å². The summed E-state index contributed by atoms with van der Waals surface area (Å²) in [6.07, 6.45) is 31.3. The van der Waals surface area contributed by atoms with Crippen LogP contribution in [-0.4, -0.2) is 0 Å². The van der Waals surface area contributed by atoms with E-state index < -0.39 is 5.41 Å². The Balaban J connectivity index is 0.00000351. The van der Waals surface area contributed by atoms with E-state index >= 15 is 0 Å². The second kappa shape index (κ2) is 22.2. The minimum absolute atomic E-state index is 0.0388. The summed E-state index contributed by atoms with van der Waals surface area (Å²) in [6, 6.07) is 47.7. The highest BCUT2D eigenvalue weighted by molar-refractivity contribution is 7.28. The zero-order valence-electron chi connectivity index (χ0n) is 45.7. The Kier molecular flexibility index (Phi) is 16.0. The summed E-state index contributed by atoms with van der Waals surface area (Å²) in [5.74, 6) is 0.194. The molecule has 3 heteroatoms. The van der Waals surface area contributed by atoms with Crippen LogP contribution in [-0.2, 0) is 22.7 Å². The highest BCUT2D eigenvalue weighted by Gasteiger charge is 2.42. The molecule has 6 aromatic carbocycles. The van der Waals surface area contributed by atoms with Gasteiger partial charge in [0.05, 0.1) is 11.4 Å². The van der Waals surface area contributed by atoms with Crippen molar-refractivity contribution in [2.45, 2.75) is 131 Å². The number of benzene rings is 5. The highest BCUT2D eigenvalue weighted by atomic mass is 31.0. The third-order valence-corrected chi connectivity index (χ3v) is 15.5. The smallest absolute Gasteiger partial charge is 0.0580 e. The van der Waals surface area contributed by atoms with Gasteiger partial charge in [-0.2, -0.15) is 0 Å². The maximum Gasteiger partial charge on any atom is 0.0580 e. The summed E-state index contributed by atoms with van der Waals surface area (Å²) >= 11 is 0. The van der Waals surface area contributed by atoms with Gasteiger partial charge in [-0.15, -0.1) is 9.24 Å². The van der Waals surface area contributed by atoms with Crippen molar-refractivity contribution in [2.24, 2.45) is 0 Å². The van der Waals surface area contributed by atoms with E-state index in [0.717, 1.165) is 48.3 Å². The van der Waals surface area contributed by atoms with Crippen LogP contribution in [0.3, 0.4) is 0 Å². The van der Waals surface area contributed by atoms with Crippen molar-refractivity contribution < 1.29 is 0 Å². The largest absolute Gasteiger partial charge is 0.313 e. The van der Waals surface area contributed by atoms with Crippen LogP contribution in [0.25, 0.3) is 17.2 Å². The van der Waals surface area contributed by atoms with Gasteiger partial charge in [-0.25, -0.2) is 0 Å². The van der Waals surface area contributed by atoms with Gasteiger partial charge >= 0.3 is 0 Å². The van der Waals surface area contributed by atoms with Crippen molar-refractivity contribution in [3.63, 3.8) is 0 Å². The lowest BCUT2D eigenvalue weighted by Crippen LogP contribution is -2.27. The molecule has 0 radical (unpaired) electrons. The van der Waals surface area contributed by atoms with Crippen LogP contribution in [0.5, 0.6) is 0 Å². The molecule has 0 bridgehead atoms. The zero-order chi connectivity index (χ0) is 52.1. The van der Waals surface area contributed by atoms with Gasteiger partial charge in [0.25, 0.3) is 0 Å². The second-order valence-electron chi connectivity index (χ2n) is 21.8. The van der Waals surface area contributed by atoms with Gasteiger partial charge in [0.1, 0.15) is 0 Å². The molecule has 0 amide bonds. The fourth-order valence-corrected chi connectivity index (χ4v) is 11.4. The molecule has 0 aromatic heterocycles. The Morgan fingerprint density at radius 1 is 0.712 bits per heavy atom. The van der Waals surface area contributed by atoms with Gasteiger partial charge in [-0.3, -0.25) is 0 Å². The summed E-state index contributed by atoms with van der Waals surface area (Å²) in [6.45, 7) is 26.8. The van der Waals surface area contributed by atoms with E-state index in [0.29, 0.717) is 0 Å². The van der Waals surface area contributed by atoms with Gasteiger partial charge < -0.3 is 9.80 Å². The fraction of sp³-hybridized carbons (Fsp3) is 0.286. The molecule has 0 fully saturated rings. The van der Waals surface area contributed by atoms with Crippen LogP contribution in [0, 0.1) is 19.1 Å². The molecular formula is C70H77N2P. The van der Waals surface area contributed by atoms with Gasteiger partial charge in [0.2, 0.25) is 0 Å². The Morgan fingerprint density at radius 2 is 1.37 bits per heavy atom. The van der Waals surface area contributed by atoms with E-state index in [1.807, 2.05) is 19.9 Å². The molecular weight excluding hydrogens is 900 g/mol. The lowest BCUT2D eigenvalue weighted by atomic mass is 9.78. The maximum absolute atomic E-state index is 3.40. The second-order valence-corrected chi connectivity index (χ2v) is 22.4. The van der Waals surface area contributed by atoms with Crippen molar-refractivity contribution in [3.8, 4) is 11.1 Å². The topological polar surface area (TPSA) is 6.48 Å². The Bertz CT molecular complexity index is 3150. The molecule has 6 aromatic rings. The molecule has 3 aliphatic rings. The van der Waals surface area contributed by atoms with E-state index in [1.54, 1.807) is 0 Å². The standard InChI is InChI=1S/C68H71N2P.C2H6/c1-11-49-27-20-21-29-50(49)28-15-12-13-24-44-68(10)58-45-56(69(60-32-22-18-25-47(60)2)54-38-34-52(35-39-54)66(4,5)6)42-43-57(58)64-59(68)46-62(65(71)63(64)51-30-16-14-17-31-51)70(61-33-23-19-26-48(61)3)55-40-36-53(37-41-55)67(7,8)9;1-2/h12-17,19-22,24,26-30,32,34-46,51H,11,23,31,33,71H2,1-10H3;1-2H3/b13-12-,28-15-,44-24+;. The molecule has 73 heavy (non-hydrogen) atoms. The number of nitrogens with zero attached hydrogens (tertiary/aromatic N) is 2. The summed E-state index contributed by atoms with van der Waals surface area (Å²) in [5, 5.41) is 1.25. The summed E-state index contributed by atoms with van der Waals surface area (Å²) in [7, 11) is 3.30. The number of allylic oxidation sites excluding steroid dienone is 13. The van der Waals surface area contributed by atoms with Crippen LogP contribution < -0.4 is 15.1 Å². The minimum Gasteiger partial charge on any atom is -0.313 e. The number of hydrogen-bond acceptors (Lipinski definition) is 2. The summed E-state index contributed by atoms with van der Waals surface area (Å²) in [5.41, 5.74) is 20.9. The van der Waals surface area contributed by atoms with Crippen LogP contribution in [0.2, 0.25) is 0 Å². The van der Waals surface area contributed by atoms with Crippen LogP contribution in [0.1, 0.15) is 146 Å². The average molecular weight is 977 g/mol.